The molecule has 3 rings (SSSR count). The molecule has 0 spiro atoms. The lowest BCUT2D eigenvalue weighted by atomic mass is 9.95. The van der Waals surface area contributed by atoms with Gasteiger partial charge in [0.25, 0.3) is 0 Å². The third-order valence-corrected chi connectivity index (χ3v) is 5.81. The number of halogens is 1. The van der Waals surface area contributed by atoms with Gasteiger partial charge in [-0.1, -0.05) is 36.4 Å². The lowest BCUT2D eigenvalue weighted by molar-refractivity contribution is 0.0399. The molecule has 1 N–H and O–H groups in total. The fourth-order valence-corrected chi connectivity index (χ4v) is 4.24. The molecule has 148 valence electrons. The zero-order valence-corrected chi connectivity index (χ0v) is 16.8. The van der Waals surface area contributed by atoms with Crippen molar-refractivity contribution >= 4 is 17.7 Å². The summed E-state index contributed by atoms with van der Waals surface area (Å²) in [5.41, 5.74) is 1.32. The first-order valence-electron chi connectivity index (χ1n) is 9.83. The molecule has 2 saturated heterocycles. The molecule has 2 aliphatic heterocycles. The van der Waals surface area contributed by atoms with E-state index in [4.69, 9.17) is 16.3 Å². The van der Waals surface area contributed by atoms with Crippen LogP contribution < -0.4 is 5.32 Å². The van der Waals surface area contributed by atoms with Crippen LogP contribution in [0.1, 0.15) is 25.3 Å². The highest BCUT2D eigenvalue weighted by Gasteiger charge is 2.34. The van der Waals surface area contributed by atoms with E-state index >= 15 is 0 Å². The SMILES string of the molecule is C=CCOC(=O)N1CCC(N2CC(C)NCC2Cc2ccc(Cl)cc2)CC1. The molecular weight excluding hydrogens is 362 g/mol. The van der Waals surface area contributed by atoms with Gasteiger partial charge >= 0.3 is 6.09 Å². The number of piperidine rings is 1. The zero-order valence-electron chi connectivity index (χ0n) is 16.1. The molecule has 2 heterocycles. The van der Waals surface area contributed by atoms with Gasteiger partial charge in [0.2, 0.25) is 0 Å². The molecule has 0 bridgehead atoms. The van der Waals surface area contributed by atoms with Gasteiger partial charge in [0.1, 0.15) is 6.61 Å². The molecule has 2 unspecified atom stereocenters. The second-order valence-corrected chi connectivity index (χ2v) is 8.01. The Balaban J connectivity index is 1.59. The molecule has 1 amide bonds. The fraction of sp³-hybridized carbons (Fsp3) is 0.571. The highest BCUT2D eigenvalue weighted by Crippen LogP contribution is 2.24. The Hall–Kier alpha value is -1.56. The van der Waals surface area contributed by atoms with E-state index < -0.39 is 0 Å². The molecule has 5 nitrogen and oxygen atoms in total. The largest absolute Gasteiger partial charge is 0.445 e. The van der Waals surface area contributed by atoms with Crippen molar-refractivity contribution in [1.82, 2.24) is 15.1 Å². The molecule has 0 radical (unpaired) electrons. The summed E-state index contributed by atoms with van der Waals surface area (Å²) in [5.74, 6) is 0. The second kappa shape index (κ2) is 9.58. The van der Waals surface area contributed by atoms with Crippen LogP contribution in [0.3, 0.4) is 0 Å². The van der Waals surface area contributed by atoms with Crippen molar-refractivity contribution in [1.29, 1.82) is 0 Å². The number of piperazine rings is 1. The van der Waals surface area contributed by atoms with Crippen LogP contribution in [0.2, 0.25) is 5.02 Å². The van der Waals surface area contributed by atoms with Gasteiger partial charge in [-0.25, -0.2) is 4.79 Å². The first kappa shape index (κ1) is 20.2. The molecule has 0 saturated carbocycles. The van der Waals surface area contributed by atoms with Crippen LogP contribution in [0, 0.1) is 0 Å². The summed E-state index contributed by atoms with van der Waals surface area (Å²) >= 11 is 6.02. The maximum atomic E-state index is 12.0. The van der Waals surface area contributed by atoms with Crippen LogP contribution in [-0.2, 0) is 11.2 Å². The number of nitrogens with zero attached hydrogens (tertiary/aromatic N) is 2. The van der Waals surface area contributed by atoms with E-state index in [1.165, 1.54) is 5.56 Å². The number of hydrogen-bond donors (Lipinski definition) is 1. The van der Waals surface area contributed by atoms with Crippen molar-refractivity contribution in [3.8, 4) is 0 Å². The number of nitrogens with one attached hydrogen (secondary N) is 1. The van der Waals surface area contributed by atoms with E-state index in [0.29, 0.717) is 18.1 Å². The quantitative estimate of drug-likeness (QED) is 0.782. The van der Waals surface area contributed by atoms with Gasteiger partial charge in [-0.15, -0.1) is 0 Å². The van der Waals surface area contributed by atoms with E-state index in [-0.39, 0.29) is 12.7 Å². The molecule has 2 aliphatic rings. The third kappa shape index (κ3) is 5.47. The standard InChI is InChI=1S/C21H30ClN3O2/c1-3-12-27-21(26)24-10-8-19(9-11-24)25-15-16(2)23-14-20(25)13-17-4-6-18(22)7-5-17/h3-7,16,19-20,23H,1,8-15H2,2H3. The summed E-state index contributed by atoms with van der Waals surface area (Å²) in [6.07, 6.45) is 4.38. The van der Waals surface area contributed by atoms with Crippen molar-refractivity contribution in [2.24, 2.45) is 0 Å². The zero-order chi connectivity index (χ0) is 19.2. The molecular formula is C21H30ClN3O2. The normalized spacial score (nSPS) is 24.6. The maximum Gasteiger partial charge on any atom is 0.410 e. The van der Waals surface area contributed by atoms with Crippen LogP contribution in [-0.4, -0.2) is 66.8 Å². The van der Waals surface area contributed by atoms with Crippen molar-refractivity contribution in [2.45, 2.75) is 44.3 Å². The Morgan fingerprint density at radius 2 is 2.04 bits per heavy atom. The maximum absolute atomic E-state index is 12.0. The minimum atomic E-state index is -0.222. The Labute approximate surface area is 167 Å². The number of carbonyl (C=O) groups excluding carboxylic acids is 1. The number of likely N-dealkylation sites (tertiary alicyclic amines) is 1. The van der Waals surface area contributed by atoms with Gasteiger partial charge in [0, 0.05) is 49.3 Å². The van der Waals surface area contributed by atoms with Crippen LogP contribution in [0.4, 0.5) is 4.79 Å². The van der Waals surface area contributed by atoms with E-state index in [1.54, 1.807) is 6.08 Å². The highest BCUT2D eigenvalue weighted by atomic mass is 35.5. The summed E-state index contributed by atoms with van der Waals surface area (Å²) in [6.45, 7) is 9.66. The first-order valence-corrected chi connectivity index (χ1v) is 10.2. The summed E-state index contributed by atoms with van der Waals surface area (Å²) < 4.78 is 5.17. The molecule has 2 fully saturated rings. The smallest absolute Gasteiger partial charge is 0.410 e. The van der Waals surface area contributed by atoms with Gasteiger partial charge in [0.15, 0.2) is 0 Å². The third-order valence-electron chi connectivity index (χ3n) is 5.56. The lowest BCUT2D eigenvalue weighted by Crippen LogP contribution is -2.61. The van der Waals surface area contributed by atoms with Crippen LogP contribution in [0.25, 0.3) is 0 Å². The average molecular weight is 392 g/mol. The van der Waals surface area contributed by atoms with E-state index in [2.05, 4.69) is 35.9 Å². The second-order valence-electron chi connectivity index (χ2n) is 7.57. The van der Waals surface area contributed by atoms with Crippen molar-refractivity contribution < 1.29 is 9.53 Å². The van der Waals surface area contributed by atoms with E-state index in [9.17, 15) is 4.79 Å². The number of carbonyl (C=O) groups is 1. The van der Waals surface area contributed by atoms with Crippen molar-refractivity contribution in [2.75, 3.05) is 32.8 Å². The number of rotatable bonds is 5. The van der Waals surface area contributed by atoms with Gasteiger partial charge in [0.05, 0.1) is 0 Å². The summed E-state index contributed by atoms with van der Waals surface area (Å²) in [6, 6.07) is 9.64. The van der Waals surface area contributed by atoms with Gasteiger partial charge in [-0.3, -0.25) is 4.90 Å². The molecule has 1 aromatic carbocycles. The number of hydrogen-bond acceptors (Lipinski definition) is 4. The Bertz CT molecular complexity index is 629. The Kier molecular flexibility index (Phi) is 7.16. The molecule has 1 aromatic rings. The molecule has 0 aromatic heterocycles. The van der Waals surface area contributed by atoms with Gasteiger partial charge in [-0.05, 0) is 43.9 Å². The number of amides is 1. The van der Waals surface area contributed by atoms with E-state index in [1.807, 2.05) is 17.0 Å². The predicted octanol–water partition coefficient (Wildman–Crippen LogP) is 3.33. The van der Waals surface area contributed by atoms with Crippen LogP contribution in [0.15, 0.2) is 36.9 Å². The molecule has 27 heavy (non-hydrogen) atoms. The first-order chi connectivity index (χ1) is 13.1. The highest BCUT2D eigenvalue weighted by molar-refractivity contribution is 6.30. The van der Waals surface area contributed by atoms with Crippen LogP contribution in [0.5, 0.6) is 0 Å². The van der Waals surface area contributed by atoms with Gasteiger partial charge in [-0.2, -0.15) is 0 Å². The Morgan fingerprint density at radius 1 is 1.33 bits per heavy atom. The number of ether oxygens (including phenoxy) is 1. The monoisotopic (exact) mass is 391 g/mol. The number of benzene rings is 1. The summed E-state index contributed by atoms with van der Waals surface area (Å²) in [4.78, 5) is 16.5. The molecule has 6 heteroatoms. The van der Waals surface area contributed by atoms with Crippen molar-refractivity contribution in [3.63, 3.8) is 0 Å². The van der Waals surface area contributed by atoms with Crippen LogP contribution >= 0.6 is 11.6 Å². The molecule has 2 atom stereocenters. The minimum Gasteiger partial charge on any atom is -0.445 e. The lowest BCUT2D eigenvalue weighted by Gasteiger charge is -2.46. The molecule has 0 aliphatic carbocycles. The van der Waals surface area contributed by atoms with Crippen molar-refractivity contribution in [3.05, 3.63) is 47.5 Å². The predicted molar refractivity (Wildman–Crippen MR) is 109 cm³/mol. The van der Waals surface area contributed by atoms with Gasteiger partial charge < -0.3 is 15.0 Å². The Morgan fingerprint density at radius 3 is 2.70 bits per heavy atom. The minimum absolute atomic E-state index is 0.222. The summed E-state index contributed by atoms with van der Waals surface area (Å²) in [7, 11) is 0. The average Bonchev–Trinajstić information content (AvgIpc) is 2.69. The fourth-order valence-electron chi connectivity index (χ4n) is 4.12. The topological polar surface area (TPSA) is 44.8 Å². The summed E-state index contributed by atoms with van der Waals surface area (Å²) in [5, 5.41) is 4.40. The van der Waals surface area contributed by atoms with E-state index in [0.717, 1.165) is 50.5 Å².